The summed E-state index contributed by atoms with van der Waals surface area (Å²) in [5, 5.41) is 0.820. The standard InChI is InChI=1S/C32H36F2N2O2/c1-4-5-6-10-17-38-25-14-15-26-29(19-25)35-31(22(2)3)30(26)32(37)36(20-23-11-8-7-9-12-23)21-24-13-16-27(33)28(34)18-24/h7-9,11-16,18-19,22,35H,4-6,10,17,20-21H2,1-3H3. The van der Waals surface area contributed by atoms with E-state index in [-0.39, 0.29) is 18.4 Å². The van der Waals surface area contributed by atoms with Gasteiger partial charge in [-0.25, -0.2) is 8.78 Å². The van der Waals surface area contributed by atoms with Crippen molar-refractivity contribution < 1.29 is 18.3 Å². The highest BCUT2D eigenvalue weighted by molar-refractivity contribution is 6.08. The first-order valence-corrected chi connectivity index (χ1v) is 13.4. The van der Waals surface area contributed by atoms with Crippen molar-refractivity contribution in [2.24, 2.45) is 0 Å². The van der Waals surface area contributed by atoms with Crippen molar-refractivity contribution in [1.82, 2.24) is 9.88 Å². The van der Waals surface area contributed by atoms with Crippen molar-refractivity contribution in [2.45, 2.75) is 65.5 Å². The molecule has 6 heteroatoms. The normalized spacial score (nSPS) is 11.3. The molecule has 0 bridgehead atoms. The molecule has 4 aromatic rings. The summed E-state index contributed by atoms with van der Waals surface area (Å²) in [5.74, 6) is -1.15. The highest BCUT2D eigenvalue weighted by Crippen LogP contribution is 2.32. The lowest BCUT2D eigenvalue weighted by molar-refractivity contribution is 0.0730. The van der Waals surface area contributed by atoms with Crippen molar-refractivity contribution in [2.75, 3.05) is 6.61 Å². The summed E-state index contributed by atoms with van der Waals surface area (Å²) in [6.45, 7) is 7.42. The number of amides is 1. The predicted molar refractivity (Wildman–Crippen MR) is 148 cm³/mol. The van der Waals surface area contributed by atoms with Gasteiger partial charge >= 0.3 is 0 Å². The van der Waals surface area contributed by atoms with Crippen molar-refractivity contribution in [3.8, 4) is 5.75 Å². The van der Waals surface area contributed by atoms with Gasteiger partial charge in [-0.05, 0) is 47.7 Å². The summed E-state index contributed by atoms with van der Waals surface area (Å²) in [7, 11) is 0. The number of aromatic nitrogens is 1. The zero-order valence-corrected chi connectivity index (χ0v) is 22.4. The molecular formula is C32H36F2N2O2. The Morgan fingerprint density at radius 3 is 2.37 bits per heavy atom. The van der Waals surface area contributed by atoms with E-state index in [4.69, 9.17) is 4.74 Å². The number of hydrogen-bond acceptors (Lipinski definition) is 2. The van der Waals surface area contributed by atoms with Gasteiger partial charge in [0.1, 0.15) is 5.75 Å². The van der Waals surface area contributed by atoms with E-state index < -0.39 is 11.6 Å². The second-order valence-electron chi connectivity index (χ2n) is 10.1. The number of unbranched alkanes of at least 4 members (excludes halogenated alkanes) is 3. The lowest BCUT2D eigenvalue weighted by Gasteiger charge is -2.24. The van der Waals surface area contributed by atoms with Gasteiger partial charge in [-0.2, -0.15) is 0 Å². The molecular weight excluding hydrogens is 482 g/mol. The number of benzene rings is 3. The molecule has 0 aliphatic heterocycles. The smallest absolute Gasteiger partial charge is 0.256 e. The predicted octanol–water partition coefficient (Wildman–Crippen LogP) is 8.37. The van der Waals surface area contributed by atoms with Crippen LogP contribution >= 0.6 is 0 Å². The first-order chi connectivity index (χ1) is 18.4. The molecule has 1 heterocycles. The van der Waals surface area contributed by atoms with E-state index in [1.54, 1.807) is 4.90 Å². The molecule has 1 N–H and O–H groups in total. The molecule has 200 valence electrons. The number of carbonyl (C=O) groups is 1. The first-order valence-electron chi connectivity index (χ1n) is 13.4. The van der Waals surface area contributed by atoms with Crippen molar-refractivity contribution in [1.29, 1.82) is 0 Å². The van der Waals surface area contributed by atoms with Crippen molar-refractivity contribution in [3.63, 3.8) is 0 Å². The summed E-state index contributed by atoms with van der Waals surface area (Å²) in [4.78, 5) is 19.3. The second-order valence-corrected chi connectivity index (χ2v) is 10.1. The molecule has 3 aromatic carbocycles. The maximum atomic E-state index is 14.2. The lowest BCUT2D eigenvalue weighted by Crippen LogP contribution is -2.31. The Balaban J connectivity index is 1.67. The van der Waals surface area contributed by atoms with Crippen LogP contribution in [0.1, 0.15) is 79.6 Å². The van der Waals surface area contributed by atoms with Gasteiger partial charge in [-0.3, -0.25) is 4.79 Å². The quantitative estimate of drug-likeness (QED) is 0.192. The Morgan fingerprint density at radius 2 is 1.66 bits per heavy atom. The third kappa shape index (κ3) is 6.60. The van der Waals surface area contributed by atoms with Gasteiger partial charge in [-0.15, -0.1) is 0 Å². The van der Waals surface area contributed by atoms with Crippen LogP contribution in [0.3, 0.4) is 0 Å². The van der Waals surface area contributed by atoms with E-state index in [9.17, 15) is 13.6 Å². The van der Waals surface area contributed by atoms with Crippen LogP contribution in [0, 0.1) is 11.6 Å². The summed E-state index contributed by atoms with van der Waals surface area (Å²) in [6, 6.07) is 19.2. The van der Waals surface area contributed by atoms with Gasteiger partial charge in [0.25, 0.3) is 5.91 Å². The molecule has 0 saturated carbocycles. The topological polar surface area (TPSA) is 45.3 Å². The Morgan fingerprint density at radius 1 is 0.895 bits per heavy atom. The largest absolute Gasteiger partial charge is 0.494 e. The van der Waals surface area contributed by atoms with E-state index in [0.29, 0.717) is 24.3 Å². The zero-order chi connectivity index (χ0) is 27.1. The van der Waals surface area contributed by atoms with Crippen LogP contribution in [-0.4, -0.2) is 22.4 Å². The van der Waals surface area contributed by atoms with Gasteiger partial charge in [0, 0.05) is 30.2 Å². The minimum Gasteiger partial charge on any atom is -0.494 e. The maximum absolute atomic E-state index is 14.2. The number of halogens is 2. The minimum absolute atomic E-state index is 0.0709. The molecule has 1 amide bonds. The number of fused-ring (bicyclic) bond motifs is 1. The van der Waals surface area contributed by atoms with E-state index in [1.807, 2.05) is 62.4 Å². The molecule has 0 aliphatic rings. The van der Waals surface area contributed by atoms with Crippen LogP contribution in [-0.2, 0) is 13.1 Å². The summed E-state index contributed by atoms with van der Waals surface area (Å²) < 4.78 is 33.6. The highest BCUT2D eigenvalue weighted by atomic mass is 19.2. The number of ether oxygens (including phenoxy) is 1. The minimum atomic E-state index is -0.924. The number of H-pyrrole nitrogens is 1. The summed E-state index contributed by atoms with van der Waals surface area (Å²) in [6.07, 6.45) is 4.54. The van der Waals surface area contributed by atoms with E-state index >= 15 is 0 Å². The fourth-order valence-corrected chi connectivity index (χ4v) is 4.69. The molecule has 0 aliphatic carbocycles. The third-order valence-electron chi connectivity index (χ3n) is 6.72. The molecule has 4 rings (SSSR count). The van der Waals surface area contributed by atoms with Crippen molar-refractivity contribution >= 4 is 16.8 Å². The van der Waals surface area contributed by atoms with E-state index in [0.717, 1.165) is 52.9 Å². The highest BCUT2D eigenvalue weighted by Gasteiger charge is 2.26. The number of rotatable bonds is 12. The lowest BCUT2D eigenvalue weighted by atomic mass is 10.0. The first kappa shape index (κ1) is 27.4. The van der Waals surface area contributed by atoms with Crippen LogP contribution in [0.25, 0.3) is 10.9 Å². The number of aromatic amines is 1. The number of carbonyl (C=O) groups excluding carboxylic acids is 1. The van der Waals surface area contributed by atoms with Gasteiger partial charge in [-0.1, -0.05) is 76.4 Å². The van der Waals surface area contributed by atoms with Crippen molar-refractivity contribution in [3.05, 3.63) is 101 Å². The molecule has 1 aromatic heterocycles. The van der Waals surface area contributed by atoms with Crippen LogP contribution in [0.4, 0.5) is 8.78 Å². The molecule has 0 fully saturated rings. The third-order valence-corrected chi connectivity index (χ3v) is 6.72. The Hall–Kier alpha value is -3.67. The van der Waals surface area contributed by atoms with E-state index in [2.05, 4.69) is 11.9 Å². The van der Waals surface area contributed by atoms with Crippen LogP contribution in [0.2, 0.25) is 0 Å². The molecule has 0 saturated heterocycles. The molecule has 38 heavy (non-hydrogen) atoms. The average Bonchev–Trinajstić information content (AvgIpc) is 3.30. The Kier molecular flexibility index (Phi) is 9.16. The zero-order valence-electron chi connectivity index (χ0n) is 22.4. The number of hydrogen-bond donors (Lipinski definition) is 1. The fourth-order valence-electron chi connectivity index (χ4n) is 4.69. The second kappa shape index (κ2) is 12.7. The van der Waals surface area contributed by atoms with Crippen LogP contribution < -0.4 is 4.74 Å². The Bertz CT molecular complexity index is 1360. The molecule has 0 atom stereocenters. The maximum Gasteiger partial charge on any atom is 0.256 e. The molecule has 0 unspecified atom stereocenters. The fraction of sp³-hybridized carbons (Fsp3) is 0.344. The van der Waals surface area contributed by atoms with Gasteiger partial charge < -0.3 is 14.6 Å². The average molecular weight is 519 g/mol. The molecule has 0 radical (unpaired) electrons. The summed E-state index contributed by atoms with van der Waals surface area (Å²) >= 11 is 0. The Labute approximate surface area is 223 Å². The van der Waals surface area contributed by atoms with Crippen LogP contribution in [0.5, 0.6) is 5.75 Å². The number of nitrogens with zero attached hydrogens (tertiary/aromatic N) is 1. The molecule has 4 nitrogen and oxygen atoms in total. The van der Waals surface area contributed by atoms with Gasteiger partial charge in [0.15, 0.2) is 11.6 Å². The van der Waals surface area contributed by atoms with Crippen LogP contribution in [0.15, 0.2) is 66.7 Å². The SMILES string of the molecule is CCCCCCOc1ccc2c(C(=O)N(Cc3ccccc3)Cc3ccc(F)c(F)c3)c(C(C)C)[nH]c2c1. The van der Waals surface area contributed by atoms with E-state index in [1.165, 1.54) is 18.9 Å². The number of nitrogens with one attached hydrogen (secondary N) is 1. The van der Waals surface area contributed by atoms with Gasteiger partial charge in [0.05, 0.1) is 17.7 Å². The monoisotopic (exact) mass is 518 g/mol. The van der Waals surface area contributed by atoms with Gasteiger partial charge in [0.2, 0.25) is 0 Å². The molecule has 0 spiro atoms. The summed E-state index contributed by atoms with van der Waals surface area (Å²) in [5.41, 5.74) is 3.76.